The summed E-state index contributed by atoms with van der Waals surface area (Å²) in [6.45, 7) is 2.35. The van der Waals surface area contributed by atoms with Crippen molar-refractivity contribution in [2.75, 3.05) is 6.61 Å². The number of nitrogens with zero attached hydrogens (tertiary/aromatic N) is 1. The smallest absolute Gasteiger partial charge is 0.409 e. The van der Waals surface area contributed by atoms with Gasteiger partial charge in [0, 0.05) is 16.2 Å². The van der Waals surface area contributed by atoms with Gasteiger partial charge in [0.2, 0.25) is 0 Å². The van der Waals surface area contributed by atoms with Gasteiger partial charge in [-0.3, -0.25) is 0 Å². The Hall–Kier alpha value is -1.41. The van der Waals surface area contributed by atoms with Crippen LogP contribution in [0.1, 0.15) is 25.3 Å². The first kappa shape index (κ1) is 17.0. The van der Waals surface area contributed by atoms with E-state index in [0.29, 0.717) is 24.3 Å². The van der Waals surface area contributed by atoms with E-state index in [-0.39, 0.29) is 10.6 Å². The second kappa shape index (κ2) is 6.37. The fraction of sp³-hybridized carbons (Fsp3) is 0.500. The zero-order chi connectivity index (χ0) is 16.4. The van der Waals surface area contributed by atoms with Gasteiger partial charge in [0.1, 0.15) is 6.10 Å². The molecule has 0 saturated carbocycles. The maximum atomic E-state index is 12.8. The summed E-state index contributed by atoms with van der Waals surface area (Å²) in [6.07, 6.45) is -3.75. The molecule has 2 rings (SSSR count). The van der Waals surface area contributed by atoms with E-state index in [0.717, 1.165) is 12.1 Å². The Morgan fingerprint density at radius 1 is 1.50 bits per heavy atom. The van der Waals surface area contributed by atoms with Crippen LogP contribution < -0.4 is 5.73 Å². The van der Waals surface area contributed by atoms with E-state index >= 15 is 0 Å². The highest BCUT2D eigenvalue weighted by molar-refractivity contribution is 8.00. The van der Waals surface area contributed by atoms with E-state index in [1.165, 1.54) is 17.8 Å². The lowest BCUT2D eigenvalue weighted by Crippen LogP contribution is -2.43. The third-order valence-corrected chi connectivity index (χ3v) is 4.89. The highest BCUT2D eigenvalue weighted by atomic mass is 32.2. The molecular formula is C14H17F3N2O2S. The number of nitrogens with two attached hydrogens (primary N) is 1. The van der Waals surface area contributed by atoms with Crippen LogP contribution in [0.5, 0.6) is 0 Å². The van der Waals surface area contributed by atoms with Crippen LogP contribution in [-0.4, -0.2) is 28.5 Å². The first-order chi connectivity index (χ1) is 10.2. The predicted molar refractivity (Wildman–Crippen MR) is 78.1 cm³/mol. The number of hydrogen-bond acceptors (Lipinski definition) is 4. The lowest BCUT2D eigenvalue weighted by atomic mass is 9.96. The zero-order valence-electron chi connectivity index (χ0n) is 11.9. The average molecular weight is 334 g/mol. The van der Waals surface area contributed by atoms with Gasteiger partial charge in [0.25, 0.3) is 0 Å². The summed E-state index contributed by atoms with van der Waals surface area (Å²) in [6, 6.07) is 5.24. The van der Waals surface area contributed by atoms with Crippen molar-refractivity contribution in [3.63, 3.8) is 0 Å². The molecule has 1 aliphatic heterocycles. The molecule has 2 atom stereocenters. The van der Waals surface area contributed by atoms with E-state index in [2.05, 4.69) is 5.16 Å². The van der Waals surface area contributed by atoms with Crippen molar-refractivity contribution in [1.29, 1.82) is 0 Å². The van der Waals surface area contributed by atoms with Crippen LogP contribution in [-0.2, 0) is 10.9 Å². The van der Waals surface area contributed by atoms with Gasteiger partial charge in [-0.2, -0.15) is 13.2 Å². The van der Waals surface area contributed by atoms with Crippen LogP contribution in [0.4, 0.5) is 13.2 Å². The number of oxime groups is 1. The number of alkyl halides is 3. The molecule has 0 bridgehead atoms. The van der Waals surface area contributed by atoms with Crippen LogP contribution in [0.25, 0.3) is 0 Å². The van der Waals surface area contributed by atoms with Gasteiger partial charge in [0.15, 0.2) is 5.84 Å². The molecule has 1 aromatic rings. The van der Waals surface area contributed by atoms with E-state index in [1.807, 2.05) is 6.92 Å². The molecule has 1 saturated heterocycles. The van der Waals surface area contributed by atoms with Crippen molar-refractivity contribution in [3.05, 3.63) is 29.8 Å². The molecule has 0 amide bonds. The summed E-state index contributed by atoms with van der Waals surface area (Å²) in [5.74, 6) is -0.0180. The van der Waals surface area contributed by atoms with E-state index in [1.54, 1.807) is 6.07 Å². The normalized spacial score (nSPS) is 26.9. The summed E-state index contributed by atoms with van der Waals surface area (Å²) in [5, 5.41) is 11.7. The minimum Gasteiger partial charge on any atom is -0.409 e. The van der Waals surface area contributed by atoms with E-state index in [9.17, 15) is 13.2 Å². The molecule has 3 N–H and O–H groups in total. The third kappa shape index (κ3) is 4.07. The van der Waals surface area contributed by atoms with Crippen molar-refractivity contribution >= 4 is 17.6 Å². The Morgan fingerprint density at radius 3 is 2.86 bits per heavy atom. The predicted octanol–water partition coefficient (Wildman–Crippen LogP) is 3.48. The largest absolute Gasteiger partial charge is 0.416 e. The van der Waals surface area contributed by atoms with E-state index in [4.69, 9.17) is 15.7 Å². The van der Waals surface area contributed by atoms with E-state index < -0.39 is 17.8 Å². The Morgan fingerprint density at radius 2 is 2.23 bits per heavy atom. The third-order valence-electron chi connectivity index (χ3n) is 3.54. The van der Waals surface area contributed by atoms with Gasteiger partial charge in [-0.25, -0.2) is 0 Å². The number of rotatable bonds is 3. The highest BCUT2D eigenvalue weighted by Crippen LogP contribution is 2.43. The monoisotopic (exact) mass is 334 g/mol. The van der Waals surface area contributed by atoms with Gasteiger partial charge in [-0.1, -0.05) is 11.2 Å². The Labute approximate surface area is 130 Å². The Bertz CT molecular complexity index is 565. The van der Waals surface area contributed by atoms with Gasteiger partial charge in [0.05, 0.1) is 5.56 Å². The molecule has 1 aliphatic rings. The Balaban J connectivity index is 2.15. The van der Waals surface area contributed by atoms with Crippen molar-refractivity contribution in [3.8, 4) is 0 Å². The first-order valence-electron chi connectivity index (χ1n) is 6.69. The highest BCUT2D eigenvalue weighted by Gasteiger charge is 2.36. The molecule has 1 aromatic carbocycles. The molecule has 2 unspecified atom stereocenters. The maximum absolute atomic E-state index is 12.8. The fourth-order valence-electron chi connectivity index (χ4n) is 2.34. The van der Waals surface area contributed by atoms with Gasteiger partial charge in [-0.15, -0.1) is 11.8 Å². The molecule has 8 heteroatoms. The fourth-order valence-corrected chi connectivity index (χ4v) is 3.66. The summed E-state index contributed by atoms with van der Waals surface area (Å²) in [5.41, 5.74) is 4.89. The average Bonchev–Trinajstić information content (AvgIpc) is 2.45. The summed E-state index contributed by atoms with van der Waals surface area (Å²) in [4.78, 5) is 0.539. The quantitative estimate of drug-likeness (QED) is 0.384. The molecule has 1 fully saturated rings. The van der Waals surface area contributed by atoms with Gasteiger partial charge in [-0.05, 0) is 38.0 Å². The first-order valence-corrected chi connectivity index (χ1v) is 7.50. The van der Waals surface area contributed by atoms with Crippen LogP contribution in [0.2, 0.25) is 0 Å². The number of benzene rings is 1. The van der Waals surface area contributed by atoms with Crippen LogP contribution in [0.3, 0.4) is 0 Å². The second-order valence-corrected chi connectivity index (χ2v) is 7.08. The second-order valence-electron chi connectivity index (χ2n) is 5.42. The van der Waals surface area contributed by atoms with Crippen LogP contribution in [0, 0.1) is 0 Å². The molecule has 0 aliphatic carbocycles. The molecule has 4 nitrogen and oxygen atoms in total. The van der Waals surface area contributed by atoms with Gasteiger partial charge >= 0.3 is 6.18 Å². The summed E-state index contributed by atoms with van der Waals surface area (Å²) < 4.78 is 43.4. The van der Waals surface area contributed by atoms with Crippen LogP contribution >= 0.6 is 11.8 Å². The minimum atomic E-state index is -4.36. The SMILES string of the molecule is CC1(Sc2cccc(C(F)(F)F)c2)CCOC(/C(N)=N/O)C1. The number of halogens is 3. The zero-order valence-corrected chi connectivity index (χ0v) is 12.7. The molecular weight excluding hydrogens is 317 g/mol. The standard InChI is InChI=1S/C14H17F3N2O2S/c1-13(5-6-21-11(8-13)12(18)19-20)22-10-4-2-3-9(7-10)14(15,16)17/h2-4,7,11,20H,5-6,8H2,1H3,(H2,18,19). The Kier molecular flexibility index (Phi) is 4.91. The number of thioether (sulfide) groups is 1. The van der Waals surface area contributed by atoms with Crippen molar-refractivity contribution in [1.82, 2.24) is 0 Å². The number of amidine groups is 1. The maximum Gasteiger partial charge on any atom is 0.416 e. The molecule has 1 heterocycles. The number of hydrogen-bond donors (Lipinski definition) is 2. The topological polar surface area (TPSA) is 67.8 Å². The van der Waals surface area contributed by atoms with Crippen LogP contribution in [0.15, 0.2) is 34.3 Å². The molecule has 0 radical (unpaired) electrons. The lowest BCUT2D eigenvalue weighted by Gasteiger charge is -2.37. The summed E-state index contributed by atoms with van der Waals surface area (Å²) >= 11 is 1.36. The molecule has 22 heavy (non-hydrogen) atoms. The van der Waals surface area contributed by atoms with Crippen molar-refractivity contribution < 1.29 is 23.1 Å². The minimum absolute atomic E-state index is 0.0180. The van der Waals surface area contributed by atoms with Crippen molar-refractivity contribution in [2.24, 2.45) is 10.9 Å². The lowest BCUT2D eigenvalue weighted by molar-refractivity contribution is -0.137. The molecule has 122 valence electrons. The van der Waals surface area contributed by atoms with Gasteiger partial charge < -0.3 is 15.7 Å². The molecule has 0 aromatic heterocycles. The number of ether oxygens (including phenoxy) is 1. The van der Waals surface area contributed by atoms with Crippen molar-refractivity contribution in [2.45, 2.75) is 41.7 Å². The summed E-state index contributed by atoms with van der Waals surface area (Å²) in [7, 11) is 0. The molecule has 0 spiro atoms.